The molecular formula is C76H136O6. The molecule has 0 aromatic carbocycles. The quantitative estimate of drug-likeness (QED) is 0.0261. The van der Waals surface area contributed by atoms with Crippen LogP contribution in [0.4, 0.5) is 0 Å². The molecule has 6 heteroatoms. The van der Waals surface area contributed by atoms with Gasteiger partial charge >= 0.3 is 17.9 Å². The van der Waals surface area contributed by atoms with Crippen molar-refractivity contribution in [3.05, 3.63) is 72.9 Å². The Morgan fingerprint density at radius 1 is 0.256 bits per heavy atom. The average Bonchev–Trinajstić information content (AvgIpc) is 3.47. The molecule has 0 radical (unpaired) electrons. The Kier molecular flexibility index (Phi) is 67.6. The smallest absolute Gasteiger partial charge is 0.306 e. The minimum absolute atomic E-state index is 0.0805. The summed E-state index contributed by atoms with van der Waals surface area (Å²) in [6.45, 7) is 6.56. The van der Waals surface area contributed by atoms with Crippen molar-refractivity contribution >= 4 is 17.9 Å². The van der Waals surface area contributed by atoms with Crippen molar-refractivity contribution < 1.29 is 28.6 Å². The third-order valence-corrected chi connectivity index (χ3v) is 15.9. The third-order valence-electron chi connectivity index (χ3n) is 15.9. The van der Waals surface area contributed by atoms with Gasteiger partial charge in [-0.1, -0.05) is 338 Å². The van der Waals surface area contributed by atoms with E-state index in [4.69, 9.17) is 14.2 Å². The molecule has 0 saturated heterocycles. The Morgan fingerprint density at radius 2 is 0.476 bits per heavy atom. The summed E-state index contributed by atoms with van der Waals surface area (Å²) in [7, 11) is 0. The summed E-state index contributed by atoms with van der Waals surface area (Å²) in [6, 6.07) is 0. The normalized spacial score (nSPS) is 12.5. The van der Waals surface area contributed by atoms with Crippen LogP contribution in [-0.4, -0.2) is 37.2 Å². The van der Waals surface area contributed by atoms with Crippen LogP contribution in [0.5, 0.6) is 0 Å². The van der Waals surface area contributed by atoms with E-state index in [-0.39, 0.29) is 31.1 Å². The number of unbranched alkanes of at least 4 members (excludes halogenated alkanes) is 43. The lowest BCUT2D eigenvalue weighted by atomic mass is 10.0. The lowest BCUT2D eigenvalue weighted by molar-refractivity contribution is -0.167. The van der Waals surface area contributed by atoms with E-state index in [2.05, 4.69) is 93.7 Å². The van der Waals surface area contributed by atoms with Gasteiger partial charge in [0.2, 0.25) is 0 Å². The van der Waals surface area contributed by atoms with E-state index in [0.29, 0.717) is 19.3 Å². The van der Waals surface area contributed by atoms with Gasteiger partial charge in [-0.15, -0.1) is 0 Å². The number of allylic oxidation sites excluding steroid dienone is 12. The standard InChI is InChI=1S/C76H136O6/c1-4-7-10-13-16-19-22-25-28-31-32-33-34-35-36-37-38-39-40-41-42-43-44-46-48-51-54-57-60-63-66-69-75(78)81-72-73(71-80-74(77)68-65-62-59-56-53-50-47-30-27-24-21-18-15-12-9-6-3)82-76(79)70-67-64-61-58-55-52-49-45-29-26-23-20-17-14-11-8-5-2/h8,11,17,20,22,25-26,29,31-32,49,52,73H,4-7,9-10,12-16,18-19,21,23-24,27-28,30,33-48,50-51,53-72H2,1-3H3/b11-8-,20-17-,25-22-,29-26-,32-31-,52-49-. The van der Waals surface area contributed by atoms with Gasteiger partial charge in [-0.05, 0) is 89.9 Å². The highest BCUT2D eigenvalue weighted by Crippen LogP contribution is 2.18. The van der Waals surface area contributed by atoms with Crippen LogP contribution in [-0.2, 0) is 28.6 Å². The van der Waals surface area contributed by atoms with E-state index in [1.54, 1.807) is 0 Å². The fourth-order valence-corrected chi connectivity index (χ4v) is 10.6. The minimum atomic E-state index is -0.787. The highest BCUT2D eigenvalue weighted by molar-refractivity contribution is 5.71. The zero-order valence-electron chi connectivity index (χ0n) is 54.8. The van der Waals surface area contributed by atoms with Crippen LogP contribution in [0.1, 0.15) is 374 Å². The van der Waals surface area contributed by atoms with E-state index in [1.807, 2.05) is 0 Å². The van der Waals surface area contributed by atoms with Crippen molar-refractivity contribution in [1.29, 1.82) is 0 Å². The molecule has 0 fully saturated rings. The zero-order valence-corrected chi connectivity index (χ0v) is 54.8. The summed E-state index contributed by atoms with van der Waals surface area (Å²) in [6.07, 6.45) is 92.3. The van der Waals surface area contributed by atoms with Crippen LogP contribution in [0.15, 0.2) is 72.9 Å². The third kappa shape index (κ3) is 67.6. The van der Waals surface area contributed by atoms with E-state index >= 15 is 0 Å². The maximum absolute atomic E-state index is 12.9. The lowest BCUT2D eigenvalue weighted by Crippen LogP contribution is -2.30. The highest BCUT2D eigenvalue weighted by atomic mass is 16.6. The molecule has 0 N–H and O–H groups in total. The number of carbonyl (C=O) groups is 3. The molecule has 82 heavy (non-hydrogen) atoms. The predicted molar refractivity (Wildman–Crippen MR) is 358 cm³/mol. The largest absolute Gasteiger partial charge is 0.462 e. The number of carbonyl (C=O) groups excluding carboxylic acids is 3. The first-order chi connectivity index (χ1) is 40.5. The van der Waals surface area contributed by atoms with Crippen LogP contribution in [0.3, 0.4) is 0 Å². The van der Waals surface area contributed by atoms with E-state index in [9.17, 15) is 14.4 Å². The van der Waals surface area contributed by atoms with Gasteiger partial charge in [0.15, 0.2) is 6.10 Å². The number of rotatable bonds is 66. The maximum atomic E-state index is 12.9. The molecule has 0 rings (SSSR count). The maximum Gasteiger partial charge on any atom is 0.306 e. The second kappa shape index (κ2) is 70.3. The number of ether oxygens (including phenoxy) is 3. The summed E-state index contributed by atoms with van der Waals surface area (Å²) >= 11 is 0. The average molecular weight is 1150 g/mol. The summed E-state index contributed by atoms with van der Waals surface area (Å²) in [4.78, 5) is 38.4. The van der Waals surface area contributed by atoms with Gasteiger partial charge in [0.1, 0.15) is 13.2 Å². The number of hydrogen-bond acceptors (Lipinski definition) is 6. The van der Waals surface area contributed by atoms with Gasteiger partial charge in [-0.3, -0.25) is 14.4 Å². The van der Waals surface area contributed by atoms with E-state index in [0.717, 1.165) is 103 Å². The first-order valence-corrected chi connectivity index (χ1v) is 35.9. The molecule has 0 amide bonds. The van der Waals surface area contributed by atoms with Gasteiger partial charge in [0.25, 0.3) is 0 Å². The first-order valence-electron chi connectivity index (χ1n) is 35.9. The Bertz CT molecular complexity index is 1500. The SMILES string of the molecule is CC/C=C\C/C=C\C/C=C\C/C=C\CCCCCCC(=O)OC(COC(=O)CCCCCCCCCCCCCCCCCC)COC(=O)CCCCCCCCCCCCCCCCCCCCC/C=C\C/C=C\CCCCCCC. The summed E-state index contributed by atoms with van der Waals surface area (Å²) in [5.74, 6) is -0.881. The Balaban J connectivity index is 4.22. The second-order valence-electron chi connectivity index (χ2n) is 24.1. The fourth-order valence-electron chi connectivity index (χ4n) is 10.6. The van der Waals surface area contributed by atoms with Crippen LogP contribution in [0.2, 0.25) is 0 Å². The Hall–Kier alpha value is -3.15. The molecule has 0 aliphatic carbocycles. The molecule has 0 aliphatic rings. The zero-order chi connectivity index (χ0) is 59.2. The molecular weight excluding hydrogens is 1010 g/mol. The van der Waals surface area contributed by atoms with Crippen molar-refractivity contribution in [3.63, 3.8) is 0 Å². The van der Waals surface area contributed by atoms with Crippen molar-refractivity contribution in [2.45, 2.75) is 380 Å². The van der Waals surface area contributed by atoms with E-state index < -0.39 is 6.10 Å². The molecule has 0 aromatic rings. The molecule has 0 bridgehead atoms. The minimum Gasteiger partial charge on any atom is -0.462 e. The highest BCUT2D eigenvalue weighted by Gasteiger charge is 2.19. The topological polar surface area (TPSA) is 78.9 Å². The summed E-state index contributed by atoms with van der Waals surface area (Å²) < 4.78 is 17.0. The molecule has 0 aliphatic heterocycles. The number of hydrogen-bond donors (Lipinski definition) is 0. The predicted octanol–water partition coefficient (Wildman–Crippen LogP) is 24.8. The van der Waals surface area contributed by atoms with Crippen molar-refractivity contribution in [1.82, 2.24) is 0 Å². The van der Waals surface area contributed by atoms with Crippen molar-refractivity contribution in [2.75, 3.05) is 13.2 Å². The lowest BCUT2D eigenvalue weighted by Gasteiger charge is -2.18. The molecule has 6 nitrogen and oxygen atoms in total. The summed E-state index contributed by atoms with van der Waals surface area (Å²) in [5, 5.41) is 0. The fraction of sp³-hybridized carbons (Fsp3) is 0.803. The monoisotopic (exact) mass is 1150 g/mol. The molecule has 0 spiro atoms. The van der Waals surface area contributed by atoms with Crippen molar-refractivity contribution in [2.24, 2.45) is 0 Å². The second-order valence-corrected chi connectivity index (χ2v) is 24.1. The van der Waals surface area contributed by atoms with Gasteiger partial charge in [0.05, 0.1) is 0 Å². The van der Waals surface area contributed by atoms with Crippen LogP contribution in [0.25, 0.3) is 0 Å². The number of esters is 3. The van der Waals surface area contributed by atoms with E-state index in [1.165, 1.54) is 231 Å². The van der Waals surface area contributed by atoms with Crippen LogP contribution < -0.4 is 0 Å². The molecule has 0 heterocycles. The van der Waals surface area contributed by atoms with Crippen LogP contribution in [0, 0.1) is 0 Å². The van der Waals surface area contributed by atoms with Gasteiger partial charge < -0.3 is 14.2 Å². The van der Waals surface area contributed by atoms with Gasteiger partial charge in [-0.25, -0.2) is 0 Å². The Morgan fingerprint density at radius 3 is 0.744 bits per heavy atom. The summed E-state index contributed by atoms with van der Waals surface area (Å²) in [5.41, 5.74) is 0. The van der Waals surface area contributed by atoms with Gasteiger partial charge in [0, 0.05) is 19.3 Å². The van der Waals surface area contributed by atoms with Crippen molar-refractivity contribution in [3.8, 4) is 0 Å². The molecule has 476 valence electrons. The Labute approximate surface area is 510 Å². The van der Waals surface area contributed by atoms with Crippen LogP contribution >= 0.6 is 0 Å². The molecule has 0 aromatic heterocycles. The first kappa shape index (κ1) is 78.8. The molecule has 1 unspecified atom stereocenters. The van der Waals surface area contributed by atoms with Gasteiger partial charge in [-0.2, -0.15) is 0 Å². The molecule has 1 atom stereocenters. The molecule has 0 saturated carbocycles.